The van der Waals surface area contributed by atoms with Crippen LogP contribution in [0.25, 0.3) is 0 Å². The number of hydrogen-bond acceptors (Lipinski definition) is 5. The smallest absolute Gasteiger partial charge is 0.345 e. The first-order valence-corrected chi connectivity index (χ1v) is 11.8. The van der Waals surface area contributed by atoms with Crippen LogP contribution in [-0.4, -0.2) is 25.5 Å². The molecule has 5 rings (SSSR count). The molecule has 32 heavy (non-hydrogen) atoms. The van der Waals surface area contributed by atoms with E-state index in [4.69, 9.17) is 27.9 Å². The minimum atomic E-state index is -0.565. The molecule has 3 aromatic rings. The molecule has 0 fully saturated rings. The van der Waals surface area contributed by atoms with Gasteiger partial charge in [-0.25, -0.2) is 4.79 Å². The van der Waals surface area contributed by atoms with Crippen molar-refractivity contribution in [3.05, 3.63) is 79.6 Å². The Kier molecular flexibility index (Phi) is 5.59. The van der Waals surface area contributed by atoms with E-state index in [2.05, 4.69) is 17.7 Å². The van der Waals surface area contributed by atoms with Crippen molar-refractivity contribution < 1.29 is 19.2 Å². The molecule has 1 amide bonds. The lowest BCUT2D eigenvalue weighted by molar-refractivity contribution is -0.895. The third-order valence-corrected chi connectivity index (χ3v) is 7.42. The Morgan fingerprint density at radius 1 is 1.16 bits per heavy atom. The highest BCUT2D eigenvalue weighted by Gasteiger charge is 2.33. The fourth-order valence-corrected chi connectivity index (χ4v) is 5.92. The van der Waals surface area contributed by atoms with Crippen LogP contribution in [0.3, 0.4) is 0 Å². The molecule has 0 radical (unpaired) electrons. The van der Waals surface area contributed by atoms with Crippen molar-refractivity contribution in [1.29, 1.82) is 0 Å². The first-order chi connectivity index (χ1) is 15.4. The monoisotopic (exact) mass is 488 g/mol. The predicted octanol–water partition coefficient (Wildman–Crippen LogP) is 3.70. The van der Waals surface area contributed by atoms with Gasteiger partial charge in [0.05, 0.1) is 34.6 Å². The van der Waals surface area contributed by atoms with Gasteiger partial charge in [-0.15, -0.1) is 11.3 Å². The number of thiophene rings is 1. The van der Waals surface area contributed by atoms with Crippen LogP contribution in [0.2, 0.25) is 10.0 Å². The van der Waals surface area contributed by atoms with Gasteiger partial charge < -0.3 is 20.3 Å². The summed E-state index contributed by atoms with van der Waals surface area (Å²) in [5.74, 6) is -0.233. The Balaban J connectivity index is 1.32. The number of nitrogens with one attached hydrogen (secondary N) is 3. The molecule has 0 spiro atoms. The molecule has 0 bridgehead atoms. The average Bonchev–Trinajstić information content (AvgIpc) is 3.12. The van der Waals surface area contributed by atoms with Gasteiger partial charge in [0.25, 0.3) is 5.91 Å². The fraction of sp³-hybridized carbons (Fsp3) is 0.217. The van der Waals surface area contributed by atoms with Crippen LogP contribution < -0.4 is 20.3 Å². The number of likely N-dealkylation sites (N-methyl/N-ethyl adjacent to an activating group) is 1. The zero-order chi connectivity index (χ0) is 22.4. The number of ether oxygens (including phenoxy) is 1. The van der Waals surface area contributed by atoms with Crippen LogP contribution in [0.5, 0.6) is 5.75 Å². The van der Waals surface area contributed by atoms with Crippen molar-refractivity contribution in [3.63, 3.8) is 0 Å². The maximum absolute atomic E-state index is 12.9. The number of quaternary nitrogens is 1. The Bertz CT molecular complexity index is 1230. The molecule has 2 aromatic carbocycles. The number of carbonyl (C=O) groups is 2. The second kappa shape index (κ2) is 8.41. The van der Waals surface area contributed by atoms with Crippen molar-refractivity contribution in [2.45, 2.75) is 19.1 Å². The summed E-state index contributed by atoms with van der Waals surface area (Å²) in [7, 11) is 2.17. The number of amides is 1. The maximum Gasteiger partial charge on any atom is 0.345 e. The number of esters is 1. The van der Waals surface area contributed by atoms with Crippen LogP contribution in [0, 0.1) is 0 Å². The third kappa shape index (κ3) is 3.97. The lowest BCUT2D eigenvalue weighted by Crippen LogP contribution is -3.08. The van der Waals surface area contributed by atoms with Gasteiger partial charge in [-0.2, -0.15) is 0 Å². The average molecular weight is 489 g/mol. The van der Waals surface area contributed by atoms with Crippen LogP contribution >= 0.6 is 34.5 Å². The SMILES string of the molecule is C[NH+]1CCc2c(sc3c2C(=O)N[C@@H](c2ccc(OC(=O)c4ccc(Cl)cc4Cl)cc2)N3)C1. The Hall–Kier alpha value is -2.58. The van der Waals surface area contributed by atoms with Gasteiger partial charge in [-0.3, -0.25) is 4.79 Å². The molecule has 1 aromatic heterocycles. The molecular formula is C23H20Cl2N3O3S+. The zero-order valence-electron chi connectivity index (χ0n) is 17.1. The highest BCUT2D eigenvalue weighted by molar-refractivity contribution is 7.16. The van der Waals surface area contributed by atoms with Crippen LogP contribution in [-0.2, 0) is 13.0 Å². The Morgan fingerprint density at radius 2 is 1.94 bits per heavy atom. The van der Waals surface area contributed by atoms with Gasteiger partial charge >= 0.3 is 5.97 Å². The summed E-state index contributed by atoms with van der Waals surface area (Å²) in [6, 6.07) is 11.6. The maximum atomic E-state index is 12.9. The van der Waals surface area contributed by atoms with Crippen molar-refractivity contribution in [2.24, 2.45) is 0 Å². The molecule has 6 nitrogen and oxygen atoms in total. The molecule has 1 unspecified atom stereocenters. The number of carbonyl (C=O) groups excluding carboxylic acids is 2. The second-order valence-electron chi connectivity index (χ2n) is 7.98. The van der Waals surface area contributed by atoms with E-state index < -0.39 is 5.97 Å². The first kappa shape index (κ1) is 21.3. The van der Waals surface area contributed by atoms with Crippen molar-refractivity contribution in [1.82, 2.24) is 5.32 Å². The van der Waals surface area contributed by atoms with Crippen LogP contribution in [0.15, 0.2) is 42.5 Å². The van der Waals surface area contributed by atoms with Gasteiger partial charge in [0.15, 0.2) is 0 Å². The highest BCUT2D eigenvalue weighted by Crippen LogP contribution is 2.39. The topological polar surface area (TPSA) is 71.9 Å². The van der Waals surface area contributed by atoms with E-state index >= 15 is 0 Å². The van der Waals surface area contributed by atoms with E-state index in [1.165, 1.54) is 27.5 Å². The van der Waals surface area contributed by atoms with Crippen molar-refractivity contribution in [2.75, 3.05) is 18.9 Å². The molecule has 3 N–H and O–H groups in total. The molecule has 0 saturated carbocycles. The Labute approximate surface area is 199 Å². The van der Waals surface area contributed by atoms with Crippen molar-refractivity contribution >= 4 is 51.4 Å². The number of halogens is 2. The highest BCUT2D eigenvalue weighted by atomic mass is 35.5. The number of anilines is 1. The summed E-state index contributed by atoms with van der Waals surface area (Å²) in [5, 5.41) is 8.10. The van der Waals surface area contributed by atoms with E-state index in [9.17, 15) is 9.59 Å². The van der Waals surface area contributed by atoms with Gasteiger partial charge in [-0.05, 0) is 41.5 Å². The molecule has 3 heterocycles. The summed E-state index contributed by atoms with van der Waals surface area (Å²) < 4.78 is 5.43. The molecule has 164 valence electrons. The van der Waals surface area contributed by atoms with E-state index in [0.29, 0.717) is 10.8 Å². The minimum absolute atomic E-state index is 0.0475. The quantitative estimate of drug-likeness (QED) is 0.388. The van der Waals surface area contributed by atoms with Gasteiger partial charge in [-0.1, -0.05) is 35.3 Å². The first-order valence-electron chi connectivity index (χ1n) is 10.2. The molecule has 9 heteroatoms. The number of benzene rings is 2. The number of fused-ring (bicyclic) bond motifs is 3. The van der Waals surface area contributed by atoms with E-state index in [1.807, 2.05) is 12.1 Å². The summed E-state index contributed by atoms with van der Waals surface area (Å²) in [6.45, 7) is 1.98. The van der Waals surface area contributed by atoms with Crippen LogP contribution in [0.1, 0.15) is 42.9 Å². The van der Waals surface area contributed by atoms with E-state index in [1.54, 1.807) is 29.5 Å². The molecule has 2 atom stereocenters. The molecule has 0 saturated heterocycles. The largest absolute Gasteiger partial charge is 0.423 e. The zero-order valence-corrected chi connectivity index (χ0v) is 19.5. The summed E-state index contributed by atoms with van der Waals surface area (Å²) in [5.41, 5.74) is 3.08. The molecule has 2 aliphatic rings. The second-order valence-corrected chi connectivity index (χ2v) is 9.92. The molecule has 0 aliphatic carbocycles. The third-order valence-electron chi connectivity index (χ3n) is 5.71. The summed E-state index contributed by atoms with van der Waals surface area (Å²) in [4.78, 5) is 28.0. The van der Waals surface area contributed by atoms with Crippen LogP contribution in [0.4, 0.5) is 5.00 Å². The number of hydrogen-bond donors (Lipinski definition) is 3. The molecular weight excluding hydrogens is 469 g/mol. The Morgan fingerprint density at radius 3 is 2.69 bits per heavy atom. The normalized spacial score (nSPS) is 19.4. The fourth-order valence-electron chi connectivity index (χ4n) is 4.04. The minimum Gasteiger partial charge on any atom is -0.423 e. The number of rotatable bonds is 3. The predicted molar refractivity (Wildman–Crippen MR) is 125 cm³/mol. The lowest BCUT2D eigenvalue weighted by atomic mass is 10.0. The molecule has 2 aliphatic heterocycles. The standard InChI is InChI=1S/C23H19Cl2N3O3S/c1-28-9-8-16-18(11-28)32-22-19(16)21(29)26-20(27-22)12-2-5-14(6-3-12)31-23(30)15-7-4-13(24)10-17(15)25/h2-7,10,20,27H,8-9,11H2,1H3,(H,26,29)/p+1/t20-/m1/s1. The van der Waals surface area contributed by atoms with E-state index in [-0.39, 0.29) is 22.7 Å². The summed E-state index contributed by atoms with van der Waals surface area (Å²) >= 11 is 13.6. The van der Waals surface area contributed by atoms with Gasteiger partial charge in [0, 0.05) is 11.4 Å². The lowest BCUT2D eigenvalue weighted by Gasteiger charge is -2.27. The van der Waals surface area contributed by atoms with Gasteiger partial charge in [0.1, 0.15) is 23.5 Å². The van der Waals surface area contributed by atoms with E-state index in [0.717, 1.165) is 35.6 Å². The van der Waals surface area contributed by atoms with Gasteiger partial charge in [0.2, 0.25) is 0 Å². The van der Waals surface area contributed by atoms with Crippen molar-refractivity contribution in [3.8, 4) is 5.75 Å². The summed E-state index contributed by atoms with van der Waals surface area (Å²) in [6.07, 6.45) is 0.570.